The predicted molar refractivity (Wildman–Crippen MR) is 72.7 cm³/mol. The number of aliphatic hydroxyl groups excluding tert-OH is 1. The molecule has 1 rings (SSSR count). The molecule has 6 heteroatoms. The van der Waals surface area contributed by atoms with Gasteiger partial charge in [-0.2, -0.15) is 0 Å². The van der Waals surface area contributed by atoms with Crippen molar-refractivity contribution >= 4 is 11.7 Å². The minimum Gasteiger partial charge on any atom is -0.497 e. The van der Waals surface area contributed by atoms with Gasteiger partial charge in [0.15, 0.2) is 0 Å². The van der Waals surface area contributed by atoms with Crippen LogP contribution in [0.5, 0.6) is 5.75 Å². The van der Waals surface area contributed by atoms with Crippen molar-refractivity contribution in [2.75, 3.05) is 38.8 Å². The first kappa shape index (κ1) is 15.3. The number of anilines is 1. The van der Waals surface area contributed by atoms with Crippen molar-refractivity contribution in [1.29, 1.82) is 0 Å². The van der Waals surface area contributed by atoms with E-state index in [-0.39, 0.29) is 19.2 Å². The third kappa shape index (κ3) is 5.58. The van der Waals surface area contributed by atoms with Crippen LogP contribution in [0.3, 0.4) is 0 Å². The van der Waals surface area contributed by atoms with Gasteiger partial charge in [-0.25, -0.2) is 4.79 Å². The topological polar surface area (TPSA) is 79.8 Å². The van der Waals surface area contributed by atoms with Gasteiger partial charge < -0.3 is 25.2 Å². The summed E-state index contributed by atoms with van der Waals surface area (Å²) in [5.74, 6) is 0.687. The second kappa shape index (κ2) is 8.34. The molecule has 0 saturated carbocycles. The number of carbonyl (C=O) groups is 1. The summed E-state index contributed by atoms with van der Waals surface area (Å²) >= 11 is 0. The molecular formula is C13H20N2O4. The zero-order valence-electron chi connectivity index (χ0n) is 11.2. The van der Waals surface area contributed by atoms with Gasteiger partial charge in [-0.1, -0.05) is 6.07 Å². The summed E-state index contributed by atoms with van der Waals surface area (Å²) in [5.41, 5.74) is 1.65. The molecule has 2 amide bonds. The Morgan fingerprint density at radius 1 is 1.37 bits per heavy atom. The molecule has 0 radical (unpaired) electrons. The van der Waals surface area contributed by atoms with Crippen molar-refractivity contribution in [2.45, 2.75) is 6.92 Å². The van der Waals surface area contributed by atoms with Crippen molar-refractivity contribution in [1.82, 2.24) is 5.32 Å². The first-order valence-electron chi connectivity index (χ1n) is 6.05. The molecule has 0 unspecified atom stereocenters. The molecule has 3 N–H and O–H groups in total. The summed E-state index contributed by atoms with van der Waals surface area (Å²) in [7, 11) is 1.58. The number of urea groups is 1. The minimum atomic E-state index is -0.302. The molecule has 0 fully saturated rings. The molecule has 0 atom stereocenters. The van der Waals surface area contributed by atoms with Crippen molar-refractivity contribution in [3.05, 3.63) is 23.8 Å². The van der Waals surface area contributed by atoms with E-state index in [2.05, 4.69) is 10.6 Å². The van der Waals surface area contributed by atoms with Crippen LogP contribution >= 0.6 is 0 Å². The van der Waals surface area contributed by atoms with Crippen LogP contribution in [0.15, 0.2) is 18.2 Å². The van der Waals surface area contributed by atoms with Gasteiger partial charge in [0.25, 0.3) is 0 Å². The van der Waals surface area contributed by atoms with Crippen LogP contribution in [0.1, 0.15) is 5.56 Å². The number of rotatable bonds is 7. The van der Waals surface area contributed by atoms with Crippen molar-refractivity contribution in [3.63, 3.8) is 0 Å². The number of hydrogen-bond donors (Lipinski definition) is 3. The van der Waals surface area contributed by atoms with Gasteiger partial charge in [-0.05, 0) is 18.6 Å². The van der Waals surface area contributed by atoms with Crippen LogP contribution in [0, 0.1) is 6.92 Å². The van der Waals surface area contributed by atoms with E-state index in [4.69, 9.17) is 14.6 Å². The first-order chi connectivity index (χ1) is 9.17. The Morgan fingerprint density at radius 2 is 2.16 bits per heavy atom. The summed E-state index contributed by atoms with van der Waals surface area (Å²) in [6, 6.07) is 5.17. The number of benzene rings is 1. The summed E-state index contributed by atoms with van der Waals surface area (Å²) in [4.78, 5) is 11.6. The molecule has 0 aliphatic rings. The highest BCUT2D eigenvalue weighted by Crippen LogP contribution is 2.21. The quantitative estimate of drug-likeness (QED) is 0.648. The number of hydrogen-bond acceptors (Lipinski definition) is 4. The van der Waals surface area contributed by atoms with Crippen molar-refractivity contribution in [2.24, 2.45) is 0 Å². The van der Waals surface area contributed by atoms with Gasteiger partial charge in [0.1, 0.15) is 5.75 Å². The zero-order valence-corrected chi connectivity index (χ0v) is 11.2. The molecule has 0 aromatic heterocycles. The highest BCUT2D eigenvalue weighted by atomic mass is 16.5. The molecule has 0 aliphatic heterocycles. The van der Waals surface area contributed by atoms with Crippen LogP contribution in [-0.2, 0) is 4.74 Å². The fourth-order valence-electron chi connectivity index (χ4n) is 1.43. The molecule has 1 aromatic rings. The maximum atomic E-state index is 11.6. The van der Waals surface area contributed by atoms with Gasteiger partial charge in [0, 0.05) is 18.3 Å². The van der Waals surface area contributed by atoms with E-state index in [0.29, 0.717) is 24.6 Å². The maximum absolute atomic E-state index is 11.6. The fourth-order valence-corrected chi connectivity index (χ4v) is 1.43. The van der Waals surface area contributed by atoms with Gasteiger partial charge in [0.05, 0.1) is 26.9 Å². The standard InChI is InChI=1S/C13H20N2O4/c1-10-3-4-11(18-2)9-12(10)15-13(17)14-5-7-19-8-6-16/h3-4,9,16H,5-8H2,1-2H3,(H2,14,15,17). The largest absolute Gasteiger partial charge is 0.497 e. The van der Waals surface area contributed by atoms with E-state index in [1.165, 1.54) is 0 Å². The van der Waals surface area contributed by atoms with Crippen LogP contribution in [-0.4, -0.2) is 44.6 Å². The third-order valence-corrected chi connectivity index (χ3v) is 2.46. The zero-order chi connectivity index (χ0) is 14.1. The molecule has 0 heterocycles. The Kier molecular flexibility index (Phi) is 6.70. The van der Waals surface area contributed by atoms with E-state index >= 15 is 0 Å². The SMILES string of the molecule is COc1ccc(C)c(NC(=O)NCCOCCO)c1. The molecule has 0 spiro atoms. The number of aryl methyl sites for hydroxylation is 1. The highest BCUT2D eigenvalue weighted by molar-refractivity contribution is 5.90. The number of aliphatic hydroxyl groups is 1. The maximum Gasteiger partial charge on any atom is 0.319 e. The lowest BCUT2D eigenvalue weighted by Crippen LogP contribution is -2.32. The predicted octanol–water partition coefficient (Wildman–Crippen LogP) is 1.13. The number of methoxy groups -OCH3 is 1. The number of nitrogens with one attached hydrogen (secondary N) is 2. The van der Waals surface area contributed by atoms with E-state index in [1.807, 2.05) is 19.1 Å². The highest BCUT2D eigenvalue weighted by Gasteiger charge is 2.05. The summed E-state index contributed by atoms with van der Waals surface area (Å²) in [6.45, 7) is 2.91. The third-order valence-electron chi connectivity index (χ3n) is 2.46. The fraction of sp³-hybridized carbons (Fsp3) is 0.462. The van der Waals surface area contributed by atoms with Gasteiger partial charge in [-0.3, -0.25) is 0 Å². The monoisotopic (exact) mass is 268 g/mol. The second-order valence-electron chi connectivity index (χ2n) is 3.90. The van der Waals surface area contributed by atoms with E-state index in [0.717, 1.165) is 5.56 Å². The van der Waals surface area contributed by atoms with Crippen molar-refractivity contribution in [3.8, 4) is 5.75 Å². The van der Waals surface area contributed by atoms with E-state index in [9.17, 15) is 4.79 Å². The van der Waals surface area contributed by atoms with Crippen LogP contribution in [0.2, 0.25) is 0 Å². The molecule has 6 nitrogen and oxygen atoms in total. The Balaban J connectivity index is 2.39. The lowest BCUT2D eigenvalue weighted by atomic mass is 10.2. The molecule has 1 aromatic carbocycles. The normalized spacial score (nSPS) is 10.1. The number of carbonyl (C=O) groups excluding carboxylic acids is 1. The average molecular weight is 268 g/mol. The van der Waals surface area contributed by atoms with Gasteiger partial charge in [-0.15, -0.1) is 0 Å². The van der Waals surface area contributed by atoms with E-state index in [1.54, 1.807) is 13.2 Å². The van der Waals surface area contributed by atoms with Crippen LogP contribution in [0.4, 0.5) is 10.5 Å². The molecule has 106 valence electrons. The lowest BCUT2D eigenvalue weighted by Gasteiger charge is -2.11. The summed E-state index contributed by atoms with van der Waals surface area (Å²) in [5, 5.41) is 13.9. The lowest BCUT2D eigenvalue weighted by molar-refractivity contribution is 0.0950. The molecule has 0 saturated heterocycles. The molecule has 0 aliphatic carbocycles. The smallest absolute Gasteiger partial charge is 0.319 e. The molecule has 19 heavy (non-hydrogen) atoms. The first-order valence-corrected chi connectivity index (χ1v) is 6.05. The molecule has 0 bridgehead atoms. The Labute approximate surface area is 112 Å². The Hall–Kier alpha value is -1.79. The second-order valence-corrected chi connectivity index (χ2v) is 3.90. The summed E-state index contributed by atoms with van der Waals surface area (Å²) in [6.07, 6.45) is 0. The number of amides is 2. The Morgan fingerprint density at radius 3 is 2.84 bits per heavy atom. The van der Waals surface area contributed by atoms with Crippen molar-refractivity contribution < 1.29 is 19.4 Å². The minimum absolute atomic E-state index is 0.0186. The molecular weight excluding hydrogens is 248 g/mol. The summed E-state index contributed by atoms with van der Waals surface area (Å²) < 4.78 is 10.1. The average Bonchev–Trinajstić information content (AvgIpc) is 2.41. The van der Waals surface area contributed by atoms with Gasteiger partial charge in [0.2, 0.25) is 0 Å². The van der Waals surface area contributed by atoms with Crippen LogP contribution in [0.25, 0.3) is 0 Å². The number of ether oxygens (including phenoxy) is 2. The van der Waals surface area contributed by atoms with Crippen LogP contribution < -0.4 is 15.4 Å². The van der Waals surface area contributed by atoms with E-state index < -0.39 is 0 Å². The van der Waals surface area contributed by atoms with Gasteiger partial charge >= 0.3 is 6.03 Å². The Bertz CT molecular complexity index is 410.